The number of H-pyrrole nitrogens is 1. The molecule has 1 N–H and O–H groups in total. The van der Waals surface area contributed by atoms with E-state index >= 15 is 0 Å². The molecule has 160 valence electrons. The van der Waals surface area contributed by atoms with E-state index in [1.165, 1.54) is 96.4 Å². The minimum absolute atomic E-state index is 0. The predicted molar refractivity (Wildman–Crippen MR) is 116 cm³/mol. The zero-order chi connectivity index (χ0) is 19.3. The van der Waals surface area contributed by atoms with E-state index in [1.807, 2.05) is 0 Å². The third-order valence-corrected chi connectivity index (χ3v) is 4.95. The topological polar surface area (TPSA) is 32.6 Å². The number of imidazole rings is 1. The maximum atomic E-state index is 3.67. The van der Waals surface area contributed by atoms with Gasteiger partial charge < -0.3 is 17.4 Å². The summed E-state index contributed by atoms with van der Waals surface area (Å²) in [6.45, 7) is 3.47. The summed E-state index contributed by atoms with van der Waals surface area (Å²) in [6, 6.07) is 6.31. The normalized spacial score (nSPS) is 10.0. The molecule has 2 aromatic heterocycles. The second kappa shape index (κ2) is 21.9. The maximum absolute atomic E-state index is 3.67. The van der Waals surface area contributed by atoms with Gasteiger partial charge in [-0.25, -0.2) is 9.55 Å². The summed E-state index contributed by atoms with van der Waals surface area (Å²) in [5, 5.41) is 0. The average molecular weight is 408 g/mol. The lowest BCUT2D eigenvalue weighted by atomic mass is 10.0. The fourth-order valence-electron chi connectivity index (χ4n) is 3.29. The fourth-order valence-corrected chi connectivity index (χ4v) is 3.29. The second-order valence-electron chi connectivity index (χ2n) is 7.47. The smallest absolute Gasteiger partial charge is 0.168 e. The van der Waals surface area contributed by atoms with Gasteiger partial charge in [0.05, 0.1) is 6.33 Å². The van der Waals surface area contributed by atoms with E-state index < -0.39 is 0 Å². The first-order valence-electron chi connectivity index (χ1n) is 11.3. The molecular formula is C24H42ClN3. The first kappa shape index (κ1) is 26.6. The zero-order valence-corrected chi connectivity index (χ0v) is 18.8. The third kappa shape index (κ3) is 18.0. The molecule has 0 bridgehead atoms. The number of hydrogen-bond donors (Lipinski definition) is 1. The molecule has 2 rings (SSSR count). The lowest BCUT2D eigenvalue weighted by molar-refractivity contribution is -0.697. The summed E-state index contributed by atoms with van der Waals surface area (Å²) in [5.41, 5.74) is 0. The summed E-state index contributed by atoms with van der Waals surface area (Å²) in [5.74, 6) is 0. The van der Waals surface area contributed by atoms with E-state index in [0.717, 1.165) is 0 Å². The van der Waals surface area contributed by atoms with Gasteiger partial charge >= 0.3 is 0 Å². The van der Waals surface area contributed by atoms with Crippen LogP contribution in [0.2, 0.25) is 0 Å². The van der Waals surface area contributed by atoms with E-state index in [-0.39, 0.29) is 12.4 Å². The van der Waals surface area contributed by atoms with E-state index in [0.29, 0.717) is 0 Å². The van der Waals surface area contributed by atoms with Crippen LogP contribution in [-0.2, 0) is 6.54 Å². The van der Waals surface area contributed by atoms with Gasteiger partial charge in [-0.3, -0.25) is 0 Å². The Hall–Kier alpha value is -1.35. The van der Waals surface area contributed by atoms with Crippen LogP contribution < -0.4 is 17.0 Å². The first-order chi connectivity index (χ1) is 13.4. The van der Waals surface area contributed by atoms with Gasteiger partial charge in [0.25, 0.3) is 0 Å². The molecule has 0 saturated carbocycles. The quantitative estimate of drug-likeness (QED) is 0.352. The molecule has 0 spiro atoms. The van der Waals surface area contributed by atoms with Gasteiger partial charge in [0.2, 0.25) is 0 Å². The van der Waals surface area contributed by atoms with Crippen molar-refractivity contribution in [3.8, 4) is 0 Å². The lowest BCUT2D eigenvalue weighted by Gasteiger charge is -2.02. The van der Waals surface area contributed by atoms with Crippen molar-refractivity contribution in [2.45, 2.75) is 103 Å². The van der Waals surface area contributed by atoms with E-state index in [1.54, 1.807) is 18.7 Å². The molecule has 0 aliphatic rings. The number of aromatic amines is 1. The molecule has 0 fully saturated rings. The molecule has 0 radical (unpaired) electrons. The molecule has 0 saturated heterocycles. The van der Waals surface area contributed by atoms with Crippen molar-refractivity contribution in [1.29, 1.82) is 0 Å². The molecule has 0 aliphatic carbocycles. The van der Waals surface area contributed by atoms with Crippen LogP contribution in [-0.4, -0.2) is 9.97 Å². The maximum Gasteiger partial charge on any atom is 0.168 e. The molecular weight excluding hydrogens is 366 g/mol. The Morgan fingerprint density at radius 2 is 1.18 bits per heavy atom. The van der Waals surface area contributed by atoms with Gasteiger partial charge in [0.15, 0.2) is 12.4 Å². The summed E-state index contributed by atoms with van der Waals surface area (Å²) < 4.78 is 2.29. The van der Waals surface area contributed by atoms with Gasteiger partial charge in [-0.15, -0.1) is 0 Å². The number of hydrogen-bond acceptors (Lipinski definition) is 1. The number of halogens is 1. The summed E-state index contributed by atoms with van der Waals surface area (Å²) in [7, 11) is 0. The highest BCUT2D eigenvalue weighted by molar-refractivity contribution is 4.83. The van der Waals surface area contributed by atoms with Gasteiger partial charge in [0, 0.05) is 30.9 Å². The highest BCUT2D eigenvalue weighted by atomic mass is 35.5. The zero-order valence-electron chi connectivity index (χ0n) is 18.0. The molecule has 0 aliphatic heterocycles. The van der Waals surface area contributed by atoms with Crippen LogP contribution in [0.4, 0.5) is 0 Å². The predicted octanol–water partition coefficient (Wildman–Crippen LogP) is 3.87. The number of rotatable bonds is 15. The van der Waals surface area contributed by atoms with Gasteiger partial charge in [-0.05, 0) is 6.42 Å². The number of unbranched alkanes of at least 4 members (excludes halogenated alkanes) is 13. The van der Waals surface area contributed by atoms with Gasteiger partial charge in [-0.1, -0.05) is 90.0 Å². The minimum Gasteiger partial charge on any atom is -1.00 e. The number of aromatic nitrogens is 3. The largest absolute Gasteiger partial charge is 1.00 e. The van der Waals surface area contributed by atoms with Crippen molar-refractivity contribution < 1.29 is 17.0 Å². The van der Waals surface area contributed by atoms with Crippen molar-refractivity contribution in [1.82, 2.24) is 9.97 Å². The van der Waals surface area contributed by atoms with Crippen LogP contribution >= 0.6 is 0 Å². The Labute approximate surface area is 179 Å². The highest BCUT2D eigenvalue weighted by Crippen LogP contribution is 2.12. The van der Waals surface area contributed by atoms with Crippen molar-refractivity contribution in [3.63, 3.8) is 0 Å². The van der Waals surface area contributed by atoms with Crippen molar-refractivity contribution in [2.75, 3.05) is 0 Å². The standard InChI is InChI=1S/C21H38N.C3H4N2.ClH/c1-2-3-4-5-6-7-8-9-10-11-12-13-14-16-19-22-20-17-15-18-21-22;1-2-5-3-4-1;/h15,17-18,20-21H,2-14,16,19H2,1H3;1-3H,(H,4,5);1H/q+1;;/p-1. The number of nitrogens with zero attached hydrogens (tertiary/aromatic N) is 2. The monoisotopic (exact) mass is 407 g/mol. The van der Waals surface area contributed by atoms with E-state index in [2.05, 4.69) is 52.1 Å². The average Bonchev–Trinajstić information content (AvgIpc) is 3.29. The molecule has 3 nitrogen and oxygen atoms in total. The molecule has 4 heteroatoms. The number of pyridine rings is 1. The Balaban J connectivity index is 0.00000105. The molecule has 0 unspecified atom stereocenters. The Kier molecular flexibility index (Phi) is 20.9. The summed E-state index contributed by atoms with van der Waals surface area (Å²) in [6.07, 6.45) is 29.5. The summed E-state index contributed by atoms with van der Waals surface area (Å²) >= 11 is 0. The van der Waals surface area contributed by atoms with Crippen LogP contribution in [0.1, 0.15) is 96.8 Å². The Morgan fingerprint density at radius 3 is 1.57 bits per heavy atom. The molecule has 2 aromatic rings. The molecule has 0 atom stereocenters. The Bertz CT molecular complexity index is 471. The Morgan fingerprint density at radius 1 is 0.679 bits per heavy atom. The summed E-state index contributed by atoms with van der Waals surface area (Å²) in [4.78, 5) is 6.42. The molecule has 28 heavy (non-hydrogen) atoms. The van der Waals surface area contributed by atoms with Crippen LogP contribution in [0.15, 0.2) is 49.3 Å². The van der Waals surface area contributed by atoms with Crippen molar-refractivity contribution in [2.24, 2.45) is 0 Å². The van der Waals surface area contributed by atoms with Crippen molar-refractivity contribution >= 4 is 0 Å². The van der Waals surface area contributed by atoms with Crippen LogP contribution in [0.25, 0.3) is 0 Å². The highest BCUT2D eigenvalue weighted by Gasteiger charge is 1.98. The van der Waals surface area contributed by atoms with Gasteiger partial charge in [0.1, 0.15) is 6.54 Å². The lowest BCUT2D eigenvalue weighted by Crippen LogP contribution is -3.00. The second-order valence-corrected chi connectivity index (χ2v) is 7.47. The minimum atomic E-state index is 0. The van der Waals surface area contributed by atoms with Crippen molar-refractivity contribution in [3.05, 3.63) is 49.3 Å². The SMILES string of the molecule is CCCCCCCCCCCCCCCC[n+]1ccccc1.[Cl-].c1c[nH]cn1. The molecule has 0 aromatic carbocycles. The van der Waals surface area contributed by atoms with Gasteiger partial charge in [-0.2, -0.15) is 0 Å². The molecule has 0 amide bonds. The number of nitrogens with one attached hydrogen (secondary N) is 1. The fraction of sp³-hybridized carbons (Fsp3) is 0.667. The van der Waals surface area contributed by atoms with Crippen LogP contribution in [0.3, 0.4) is 0 Å². The molecule has 2 heterocycles. The van der Waals surface area contributed by atoms with Crippen LogP contribution in [0, 0.1) is 0 Å². The third-order valence-electron chi connectivity index (χ3n) is 4.95. The number of aryl methyl sites for hydroxylation is 1. The van der Waals surface area contributed by atoms with E-state index in [9.17, 15) is 0 Å². The first-order valence-corrected chi connectivity index (χ1v) is 11.3. The van der Waals surface area contributed by atoms with E-state index in [4.69, 9.17) is 0 Å². The van der Waals surface area contributed by atoms with Crippen LogP contribution in [0.5, 0.6) is 0 Å².